The first-order valence-corrected chi connectivity index (χ1v) is 4.04. The van der Waals surface area contributed by atoms with Gasteiger partial charge < -0.3 is 5.32 Å². The summed E-state index contributed by atoms with van der Waals surface area (Å²) in [6.45, 7) is 4.96. The molecule has 1 saturated carbocycles. The molecule has 2 aliphatic rings. The summed E-state index contributed by atoms with van der Waals surface area (Å²) < 4.78 is 0. The van der Waals surface area contributed by atoms with E-state index in [0.29, 0.717) is 0 Å². The zero-order valence-electron chi connectivity index (χ0n) is 6.11. The molecular weight excluding hydrogens is 110 g/mol. The maximum atomic E-state index is 3.47. The van der Waals surface area contributed by atoms with Crippen LogP contribution >= 0.6 is 0 Å². The van der Waals surface area contributed by atoms with Gasteiger partial charge in [0.25, 0.3) is 0 Å². The van der Waals surface area contributed by atoms with Crippen LogP contribution in [-0.4, -0.2) is 13.1 Å². The number of piperidine rings is 1. The van der Waals surface area contributed by atoms with E-state index in [2.05, 4.69) is 12.2 Å². The van der Waals surface area contributed by atoms with Crippen molar-refractivity contribution in [2.75, 3.05) is 13.1 Å². The van der Waals surface area contributed by atoms with Gasteiger partial charge in [-0.15, -0.1) is 0 Å². The standard InChI is InChI=1S/C8H15N/c1-7-2-5-9-6-8(7)3-4-8/h7,9H,2-6H2,1H3. The van der Waals surface area contributed by atoms with Gasteiger partial charge in [0.05, 0.1) is 0 Å². The second-order valence-electron chi connectivity index (χ2n) is 3.73. The van der Waals surface area contributed by atoms with Crippen molar-refractivity contribution in [2.24, 2.45) is 11.3 Å². The van der Waals surface area contributed by atoms with Crippen molar-refractivity contribution in [3.8, 4) is 0 Å². The topological polar surface area (TPSA) is 12.0 Å². The van der Waals surface area contributed by atoms with Crippen molar-refractivity contribution >= 4 is 0 Å². The first kappa shape index (κ1) is 5.72. The van der Waals surface area contributed by atoms with Gasteiger partial charge in [-0.25, -0.2) is 0 Å². The second kappa shape index (κ2) is 1.72. The molecule has 1 heteroatoms. The highest BCUT2D eigenvalue weighted by atomic mass is 14.9. The van der Waals surface area contributed by atoms with E-state index in [4.69, 9.17) is 0 Å². The zero-order valence-corrected chi connectivity index (χ0v) is 6.11. The van der Waals surface area contributed by atoms with Gasteiger partial charge in [0, 0.05) is 6.54 Å². The van der Waals surface area contributed by atoms with E-state index in [1.54, 1.807) is 0 Å². The Hall–Kier alpha value is -0.0400. The number of hydrogen-bond acceptors (Lipinski definition) is 1. The number of rotatable bonds is 0. The fourth-order valence-corrected chi connectivity index (χ4v) is 1.97. The molecule has 0 amide bonds. The average molecular weight is 125 g/mol. The Morgan fingerprint density at radius 1 is 1.44 bits per heavy atom. The van der Waals surface area contributed by atoms with Gasteiger partial charge in [0.1, 0.15) is 0 Å². The molecule has 0 bridgehead atoms. The van der Waals surface area contributed by atoms with Gasteiger partial charge in [-0.3, -0.25) is 0 Å². The lowest BCUT2D eigenvalue weighted by atomic mass is 9.85. The quantitative estimate of drug-likeness (QED) is 0.516. The molecule has 1 unspecified atom stereocenters. The summed E-state index contributed by atoms with van der Waals surface area (Å²) in [6.07, 6.45) is 4.38. The molecule has 0 aromatic heterocycles. The van der Waals surface area contributed by atoms with Gasteiger partial charge in [-0.2, -0.15) is 0 Å². The van der Waals surface area contributed by atoms with Gasteiger partial charge in [-0.1, -0.05) is 6.92 Å². The first-order valence-electron chi connectivity index (χ1n) is 4.04. The van der Waals surface area contributed by atoms with Gasteiger partial charge in [0.2, 0.25) is 0 Å². The summed E-state index contributed by atoms with van der Waals surface area (Å²) in [5.74, 6) is 0.999. The molecule has 0 radical (unpaired) electrons. The average Bonchev–Trinajstić information content (AvgIpc) is 2.60. The summed E-state index contributed by atoms with van der Waals surface area (Å²) in [7, 11) is 0. The normalized spacial score (nSPS) is 39.0. The molecule has 2 rings (SSSR count). The van der Waals surface area contributed by atoms with Crippen molar-refractivity contribution in [3.05, 3.63) is 0 Å². The first-order chi connectivity index (χ1) is 4.33. The Balaban J connectivity index is 2.03. The Morgan fingerprint density at radius 3 is 2.67 bits per heavy atom. The third kappa shape index (κ3) is 0.787. The Labute approximate surface area is 56.8 Å². The number of nitrogens with one attached hydrogen (secondary N) is 1. The molecule has 1 aliphatic carbocycles. The maximum absolute atomic E-state index is 3.47. The Kier molecular flexibility index (Phi) is 1.10. The smallest absolute Gasteiger partial charge is 0.00104 e. The predicted octanol–water partition coefficient (Wildman–Crippen LogP) is 1.40. The molecule has 1 N–H and O–H groups in total. The largest absolute Gasteiger partial charge is 0.316 e. The third-order valence-corrected chi connectivity index (χ3v) is 3.17. The molecule has 1 aliphatic heterocycles. The van der Waals surface area contributed by atoms with Crippen LogP contribution in [0.15, 0.2) is 0 Å². The van der Waals surface area contributed by atoms with Crippen molar-refractivity contribution < 1.29 is 0 Å². The molecule has 1 atom stereocenters. The van der Waals surface area contributed by atoms with Crippen LogP contribution < -0.4 is 5.32 Å². The highest BCUT2D eigenvalue weighted by Gasteiger charge is 2.47. The molecule has 1 heterocycles. The summed E-state index contributed by atoms with van der Waals surface area (Å²) in [5, 5.41) is 3.47. The zero-order chi connectivity index (χ0) is 6.32. The fraction of sp³-hybridized carbons (Fsp3) is 1.00. The molecule has 2 fully saturated rings. The van der Waals surface area contributed by atoms with E-state index in [-0.39, 0.29) is 0 Å². The highest BCUT2D eigenvalue weighted by molar-refractivity contribution is 5.00. The monoisotopic (exact) mass is 125 g/mol. The minimum atomic E-state index is 0.776. The molecule has 0 aromatic rings. The molecule has 1 spiro atoms. The third-order valence-electron chi connectivity index (χ3n) is 3.17. The van der Waals surface area contributed by atoms with Crippen LogP contribution in [0.1, 0.15) is 26.2 Å². The van der Waals surface area contributed by atoms with Crippen LogP contribution in [0, 0.1) is 11.3 Å². The summed E-state index contributed by atoms with van der Waals surface area (Å²) in [5.41, 5.74) is 0.776. The fourth-order valence-electron chi connectivity index (χ4n) is 1.97. The lowest BCUT2D eigenvalue weighted by Gasteiger charge is -2.29. The van der Waals surface area contributed by atoms with Crippen molar-refractivity contribution in [1.29, 1.82) is 0 Å². The minimum Gasteiger partial charge on any atom is -0.316 e. The van der Waals surface area contributed by atoms with E-state index in [0.717, 1.165) is 11.3 Å². The second-order valence-corrected chi connectivity index (χ2v) is 3.73. The lowest BCUT2D eigenvalue weighted by molar-refractivity contribution is 0.251. The van der Waals surface area contributed by atoms with Crippen molar-refractivity contribution in [3.63, 3.8) is 0 Å². The van der Waals surface area contributed by atoms with E-state index < -0.39 is 0 Å². The summed E-state index contributed by atoms with van der Waals surface area (Å²) in [4.78, 5) is 0. The highest BCUT2D eigenvalue weighted by Crippen LogP contribution is 2.53. The lowest BCUT2D eigenvalue weighted by Crippen LogP contribution is -2.36. The van der Waals surface area contributed by atoms with Crippen molar-refractivity contribution in [1.82, 2.24) is 5.32 Å². The van der Waals surface area contributed by atoms with Gasteiger partial charge in [0.15, 0.2) is 0 Å². The van der Waals surface area contributed by atoms with Gasteiger partial charge in [-0.05, 0) is 37.1 Å². The van der Waals surface area contributed by atoms with E-state index in [1.807, 2.05) is 0 Å². The SMILES string of the molecule is CC1CCNCC12CC2. The van der Waals surface area contributed by atoms with Crippen molar-refractivity contribution in [2.45, 2.75) is 26.2 Å². The van der Waals surface area contributed by atoms with Crippen LogP contribution in [-0.2, 0) is 0 Å². The van der Waals surface area contributed by atoms with E-state index >= 15 is 0 Å². The Bertz CT molecular complexity index is 116. The van der Waals surface area contributed by atoms with Crippen LogP contribution in [0.3, 0.4) is 0 Å². The van der Waals surface area contributed by atoms with Gasteiger partial charge >= 0.3 is 0 Å². The minimum absolute atomic E-state index is 0.776. The van der Waals surface area contributed by atoms with Crippen LogP contribution in [0.2, 0.25) is 0 Å². The number of hydrogen-bond donors (Lipinski definition) is 1. The summed E-state index contributed by atoms with van der Waals surface area (Å²) >= 11 is 0. The molecule has 9 heavy (non-hydrogen) atoms. The van der Waals surface area contributed by atoms with Crippen LogP contribution in [0.4, 0.5) is 0 Å². The molecular formula is C8H15N. The molecule has 52 valence electrons. The Morgan fingerprint density at radius 2 is 2.22 bits per heavy atom. The summed E-state index contributed by atoms with van der Waals surface area (Å²) in [6, 6.07) is 0. The molecule has 0 aromatic carbocycles. The van der Waals surface area contributed by atoms with E-state index in [9.17, 15) is 0 Å². The van der Waals surface area contributed by atoms with Crippen LogP contribution in [0.25, 0.3) is 0 Å². The maximum Gasteiger partial charge on any atom is 0.00104 e. The van der Waals surface area contributed by atoms with Crippen LogP contribution in [0.5, 0.6) is 0 Å². The predicted molar refractivity (Wildman–Crippen MR) is 38.3 cm³/mol. The molecule has 1 nitrogen and oxygen atoms in total. The van der Waals surface area contributed by atoms with E-state index in [1.165, 1.54) is 32.4 Å². The molecule has 1 saturated heterocycles.